The third-order valence-electron chi connectivity index (χ3n) is 11.5. The highest BCUT2D eigenvalue weighted by Crippen LogP contribution is 2.49. The van der Waals surface area contributed by atoms with Gasteiger partial charge < -0.3 is 29.1 Å². The Labute approximate surface area is 356 Å². The van der Waals surface area contributed by atoms with E-state index in [0.717, 1.165) is 37.9 Å². The first-order valence-corrected chi connectivity index (χ1v) is 26.5. The lowest BCUT2D eigenvalue weighted by Gasteiger charge is -2.19. The quantitative estimate of drug-likeness (QED) is 0.0449. The fourth-order valence-corrected chi connectivity index (χ4v) is 9.52. The lowest BCUT2D eigenvalue weighted by atomic mass is 10.0. The predicted molar refractivity (Wildman–Crippen MR) is 247 cm³/mol. The Hall–Kier alpha value is -1.51. The van der Waals surface area contributed by atoms with Crippen molar-refractivity contribution in [2.75, 3.05) is 39.1 Å². The largest absolute Gasteiger partial charge is 0.381 e. The van der Waals surface area contributed by atoms with Crippen LogP contribution in [-0.4, -0.2) is 54.1 Å². The van der Waals surface area contributed by atoms with Crippen LogP contribution < -0.4 is 10.9 Å². The van der Waals surface area contributed by atoms with Gasteiger partial charge in [0.1, 0.15) is 5.52 Å². The van der Waals surface area contributed by atoms with Crippen molar-refractivity contribution in [3.63, 3.8) is 0 Å². The first-order valence-electron chi connectivity index (χ1n) is 24.8. The van der Waals surface area contributed by atoms with Gasteiger partial charge in [0.2, 0.25) is 0 Å². The maximum absolute atomic E-state index is 13.8. The molecule has 10 heteroatoms. The first kappa shape index (κ1) is 52.6. The molecule has 1 atom stereocenters. The minimum atomic E-state index is -3.21. The fraction of sp³-hybridized carbons (Fsp3) is 0.875. The zero-order valence-electron chi connectivity index (χ0n) is 37.9. The standard InChI is InChI=1S/C48H91N4O5P/c1-3-5-7-9-11-13-15-17-19-21-22-24-26-28-30-32-37-55-38-35-40-57-58(54,41-34-36-49-42-45-43-50-47-46(45)51-44-52-48(47)53)56-39-33-31-29-27-25-23-20-18-16-14-12-10-8-6-4-2/h43-44,49-50H,3-42H2,1-2H3,(H,51,52,53). The van der Waals surface area contributed by atoms with Crippen molar-refractivity contribution in [2.24, 2.45) is 0 Å². The van der Waals surface area contributed by atoms with Gasteiger partial charge in [0, 0.05) is 31.5 Å². The number of hydrogen-bond donors (Lipinski definition) is 3. The second kappa shape index (κ2) is 38.4. The van der Waals surface area contributed by atoms with Crippen molar-refractivity contribution < 1.29 is 18.3 Å². The highest BCUT2D eigenvalue weighted by molar-refractivity contribution is 7.53. The van der Waals surface area contributed by atoms with Gasteiger partial charge in [0.25, 0.3) is 5.56 Å². The van der Waals surface area contributed by atoms with E-state index in [-0.39, 0.29) is 5.56 Å². The number of aromatic nitrogens is 3. The van der Waals surface area contributed by atoms with Gasteiger partial charge in [0.15, 0.2) is 0 Å². The number of ether oxygens (including phenoxy) is 1. The summed E-state index contributed by atoms with van der Waals surface area (Å²) >= 11 is 0. The first-order chi connectivity index (χ1) is 28.6. The molecule has 0 aromatic carbocycles. The molecule has 9 nitrogen and oxygen atoms in total. The molecule has 0 aliphatic rings. The van der Waals surface area contributed by atoms with Gasteiger partial charge in [-0.05, 0) is 32.2 Å². The summed E-state index contributed by atoms with van der Waals surface area (Å²) < 4.78 is 31.7. The van der Waals surface area contributed by atoms with Gasteiger partial charge in [-0.1, -0.05) is 200 Å². The molecule has 0 aliphatic heterocycles. The summed E-state index contributed by atoms with van der Waals surface area (Å²) in [7, 11) is -3.21. The lowest BCUT2D eigenvalue weighted by Crippen LogP contribution is -2.17. The van der Waals surface area contributed by atoms with E-state index >= 15 is 0 Å². The molecule has 58 heavy (non-hydrogen) atoms. The summed E-state index contributed by atoms with van der Waals surface area (Å²) in [5.41, 5.74) is 1.92. The van der Waals surface area contributed by atoms with Gasteiger partial charge in [-0.3, -0.25) is 9.36 Å². The van der Waals surface area contributed by atoms with Crippen molar-refractivity contribution in [2.45, 2.75) is 232 Å². The summed E-state index contributed by atoms with van der Waals surface area (Å²) in [4.78, 5) is 21.9. The van der Waals surface area contributed by atoms with Gasteiger partial charge in [-0.25, -0.2) is 4.98 Å². The molecule has 0 fully saturated rings. The van der Waals surface area contributed by atoms with E-state index in [2.05, 4.69) is 34.1 Å². The van der Waals surface area contributed by atoms with Crippen LogP contribution in [0.25, 0.3) is 11.0 Å². The molecule has 0 bridgehead atoms. The van der Waals surface area contributed by atoms with E-state index in [0.29, 0.717) is 56.5 Å². The van der Waals surface area contributed by atoms with Crippen LogP contribution in [-0.2, 0) is 24.9 Å². The Balaban J connectivity index is 1.52. The number of nitrogens with one attached hydrogen (secondary N) is 3. The molecule has 0 amide bonds. The molecule has 2 heterocycles. The average Bonchev–Trinajstić information content (AvgIpc) is 3.65. The molecular weight excluding hydrogens is 744 g/mol. The predicted octanol–water partition coefficient (Wildman–Crippen LogP) is 14.5. The molecule has 2 aromatic heterocycles. The Morgan fingerprint density at radius 2 is 0.948 bits per heavy atom. The van der Waals surface area contributed by atoms with Crippen LogP contribution in [0.4, 0.5) is 0 Å². The van der Waals surface area contributed by atoms with Crippen LogP contribution >= 0.6 is 7.60 Å². The Morgan fingerprint density at radius 3 is 1.43 bits per heavy atom. The van der Waals surface area contributed by atoms with Gasteiger partial charge in [-0.2, -0.15) is 0 Å². The summed E-state index contributed by atoms with van der Waals surface area (Å²) in [6, 6.07) is 0. The van der Waals surface area contributed by atoms with E-state index in [1.54, 1.807) is 0 Å². The van der Waals surface area contributed by atoms with Gasteiger partial charge >= 0.3 is 7.60 Å². The summed E-state index contributed by atoms with van der Waals surface area (Å²) in [6.45, 7) is 8.08. The maximum Gasteiger partial charge on any atom is 0.330 e. The van der Waals surface area contributed by atoms with Crippen molar-refractivity contribution in [1.29, 1.82) is 0 Å². The van der Waals surface area contributed by atoms with Crippen LogP contribution in [0, 0.1) is 0 Å². The number of rotatable bonds is 45. The molecule has 3 N–H and O–H groups in total. The number of H-pyrrole nitrogens is 2. The molecule has 338 valence electrons. The number of unbranched alkanes of at least 4 members (excludes halogenated alkanes) is 29. The second-order valence-electron chi connectivity index (χ2n) is 17.0. The molecule has 1 unspecified atom stereocenters. The molecule has 0 saturated carbocycles. The van der Waals surface area contributed by atoms with Crippen LogP contribution in [0.2, 0.25) is 0 Å². The highest BCUT2D eigenvalue weighted by atomic mass is 31.2. The molecule has 2 aromatic rings. The van der Waals surface area contributed by atoms with Crippen molar-refractivity contribution in [3.8, 4) is 0 Å². The number of fused-ring (bicyclic) bond motifs is 1. The van der Waals surface area contributed by atoms with Crippen LogP contribution in [0.1, 0.15) is 231 Å². The van der Waals surface area contributed by atoms with Crippen molar-refractivity contribution >= 4 is 18.6 Å². The topological polar surface area (TPSA) is 118 Å². The number of nitrogens with zero attached hydrogens (tertiary/aromatic N) is 1. The average molecular weight is 835 g/mol. The Bertz CT molecular complexity index is 1290. The molecule has 2 rings (SSSR count). The Morgan fingerprint density at radius 1 is 0.534 bits per heavy atom. The lowest BCUT2D eigenvalue weighted by molar-refractivity contribution is 0.111. The van der Waals surface area contributed by atoms with Crippen LogP contribution in [0.5, 0.6) is 0 Å². The van der Waals surface area contributed by atoms with E-state index < -0.39 is 7.60 Å². The van der Waals surface area contributed by atoms with Gasteiger partial charge in [-0.15, -0.1) is 0 Å². The minimum absolute atomic E-state index is 0.175. The zero-order valence-corrected chi connectivity index (χ0v) is 38.8. The Kier molecular flexibility index (Phi) is 34.9. The fourth-order valence-electron chi connectivity index (χ4n) is 7.82. The molecule has 0 radical (unpaired) electrons. The summed E-state index contributed by atoms with van der Waals surface area (Å²) in [5.74, 6) is 0. The molecule has 0 aliphatic carbocycles. The summed E-state index contributed by atoms with van der Waals surface area (Å²) in [6.07, 6.45) is 46.6. The van der Waals surface area contributed by atoms with E-state index in [1.807, 2.05) is 6.20 Å². The van der Waals surface area contributed by atoms with Gasteiger partial charge in [0.05, 0.1) is 31.2 Å². The SMILES string of the molecule is CCCCCCCCCCCCCCCCCCOCCCOP(=O)(CCCNCc1c[nH]c2c(=O)[nH]cnc12)OCCCCCCCCCCCCCCCCC. The smallest absolute Gasteiger partial charge is 0.330 e. The van der Waals surface area contributed by atoms with Crippen molar-refractivity contribution in [3.05, 3.63) is 28.4 Å². The molecule has 0 spiro atoms. The maximum atomic E-state index is 13.8. The minimum Gasteiger partial charge on any atom is -0.381 e. The molecule has 0 saturated heterocycles. The van der Waals surface area contributed by atoms with E-state index in [1.165, 1.54) is 186 Å². The highest BCUT2D eigenvalue weighted by Gasteiger charge is 2.24. The third-order valence-corrected chi connectivity index (χ3v) is 13.6. The second-order valence-corrected chi connectivity index (χ2v) is 19.2. The summed E-state index contributed by atoms with van der Waals surface area (Å²) in [5, 5.41) is 3.40. The van der Waals surface area contributed by atoms with E-state index in [9.17, 15) is 9.36 Å². The monoisotopic (exact) mass is 835 g/mol. The molecular formula is C48H91N4O5P. The normalized spacial score (nSPS) is 12.9. The number of aromatic amines is 2. The third kappa shape index (κ3) is 28.9. The van der Waals surface area contributed by atoms with Crippen LogP contribution in [0.3, 0.4) is 0 Å². The zero-order chi connectivity index (χ0) is 41.5. The number of hydrogen-bond acceptors (Lipinski definition) is 7. The van der Waals surface area contributed by atoms with Crippen LogP contribution in [0.15, 0.2) is 17.3 Å². The van der Waals surface area contributed by atoms with E-state index in [4.69, 9.17) is 13.8 Å². The van der Waals surface area contributed by atoms with Crippen molar-refractivity contribution in [1.82, 2.24) is 20.3 Å².